The van der Waals surface area contributed by atoms with E-state index in [4.69, 9.17) is 9.97 Å². The van der Waals surface area contributed by atoms with E-state index < -0.39 is 0 Å². The third-order valence-electron chi connectivity index (χ3n) is 4.75. The molecular formula is C19H30N6. The van der Waals surface area contributed by atoms with Crippen LogP contribution in [0.15, 0.2) is 18.7 Å². The molecule has 0 aromatic carbocycles. The zero-order valence-corrected chi connectivity index (χ0v) is 16.3. The van der Waals surface area contributed by atoms with Gasteiger partial charge in [-0.2, -0.15) is 5.10 Å². The number of piperidine rings is 1. The summed E-state index contributed by atoms with van der Waals surface area (Å²) in [6, 6.07) is 2.61. The molecule has 2 aromatic rings. The van der Waals surface area contributed by atoms with E-state index in [-0.39, 0.29) is 10.8 Å². The molecule has 2 aromatic heterocycles. The molecule has 0 atom stereocenters. The van der Waals surface area contributed by atoms with Gasteiger partial charge in [0.15, 0.2) is 0 Å². The maximum atomic E-state index is 4.91. The van der Waals surface area contributed by atoms with Gasteiger partial charge in [-0.05, 0) is 12.8 Å². The van der Waals surface area contributed by atoms with Crippen LogP contribution in [0.4, 0.5) is 5.82 Å². The molecule has 0 bridgehead atoms. The van der Waals surface area contributed by atoms with Crippen LogP contribution in [0.2, 0.25) is 0 Å². The van der Waals surface area contributed by atoms with Crippen LogP contribution >= 0.6 is 0 Å². The molecule has 6 heteroatoms. The van der Waals surface area contributed by atoms with E-state index in [1.165, 1.54) is 0 Å². The summed E-state index contributed by atoms with van der Waals surface area (Å²) in [7, 11) is 0. The Hall–Kier alpha value is -1.98. The Balaban J connectivity index is 1.84. The maximum absolute atomic E-state index is 4.91. The van der Waals surface area contributed by atoms with Crippen LogP contribution < -0.4 is 4.90 Å². The first-order valence-corrected chi connectivity index (χ1v) is 9.14. The zero-order valence-electron chi connectivity index (χ0n) is 16.3. The third-order valence-corrected chi connectivity index (χ3v) is 4.75. The van der Waals surface area contributed by atoms with E-state index in [1.807, 2.05) is 11.0 Å². The van der Waals surface area contributed by atoms with Crippen molar-refractivity contribution < 1.29 is 0 Å². The van der Waals surface area contributed by atoms with Crippen molar-refractivity contribution in [3.05, 3.63) is 30.2 Å². The zero-order chi connectivity index (χ0) is 18.2. The molecule has 3 rings (SSSR count). The Kier molecular flexibility index (Phi) is 4.56. The summed E-state index contributed by atoms with van der Waals surface area (Å²) < 4.78 is 1.98. The van der Waals surface area contributed by atoms with Gasteiger partial charge in [0.05, 0.1) is 11.7 Å². The fraction of sp³-hybridized carbons (Fsp3) is 0.684. The fourth-order valence-corrected chi connectivity index (χ4v) is 3.08. The van der Waals surface area contributed by atoms with Crippen molar-refractivity contribution in [2.24, 2.45) is 0 Å². The standard InChI is InChI=1S/C19H30N6/c1-18(2,3)15-11-16(23-17(22-15)19(4,5)6)24-9-7-14(8-10-24)25-13-20-12-21-25/h11-14H,7-10H2,1-6H3. The first kappa shape index (κ1) is 17.8. The number of hydrogen-bond acceptors (Lipinski definition) is 5. The van der Waals surface area contributed by atoms with Gasteiger partial charge in [0.2, 0.25) is 0 Å². The summed E-state index contributed by atoms with van der Waals surface area (Å²) in [5.41, 5.74) is 1.06. The van der Waals surface area contributed by atoms with Gasteiger partial charge in [0.1, 0.15) is 24.3 Å². The summed E-state index contributed by atoms with van der Waals surface area (Å²) >= 11 is 0. The molecule has 0 aliphatic carbocycles. The highest BCUT2D eigenvalue weighted by Crippen LogP contribution is 2.30. The number of hydrogen-bond donors (Lipinski definition) is 0. The van der Waals surface area contributed by atoms with E-state index in [2.05, 4.69) is 62.6 Å². The molecule has 0 spiro atoms. The van der Waals surface area contributed by atoms with E-state index in [1.54, 1.807) is 6.33 Å². The summed E-state index contributed by atoms with van der Waals surface area (Å²) in [6.45, 7) is 15.1. The first-order valence-electron chi connectivity index (χ1n) is 9.14. The van der Waals surface area contributed by atoms with Gasteiger partial charge < -0.3 is 4.90 Å². The van der Waals surface area contributed by atoms with Gasteiger partial charge >= 0.3 is 0 Å². The maximum Gasteiger partial charge on any atom is 0.137 e. The molecule has 6 nitrogen and oxygen atoms in total. The van der Waals surface area contributed by atoms with Gasteiger partial charge in [0, 0.05) is 30.0 Å². The van der Waals surface area contributed by atoms with Crippen LogP contribution in [0.1, 0.15) is 71.9 Å². The molecular weight excluding hydrogens is 312 g/mol. The van der Waals surface area contributed by atoms with E-state index in [9.17, 15) is 0 Å². The molecule has 0 amide bonds. The number of rotatable bonds is 2. The van der Waals surface area contributed by atoms with Crippen molar-refractivity contribution >= 4 is 5.82 Å². The van der Waals surface area contributed by atoms with Crippen LogP contribution in [0.5, 0.6) is 0 Å². The minimum atomic E-state index is -0.0605. The Labute approximate surface area is 150 Å². The van der Waals surface area contributed by atoms with Crippen molar-refractivity contribution in [1.82, 2.24) is 24.7 Å². The molecule has 1 aliphatic heterocycles. The smallest absolute Gasteiger partial charge is 0.137 e. The lowest BCUT2D eigenvalue weighted by Gasteiger charge is -2.34. The van der Waals surface area contributed by atoms with E-state index in [0.29, 0.717) is 6.04 Å². The summed E-state index contributed by atoms with van der Waals surface area (Å²) in [4.78, 5) is 16.2. The third kappa shape index (κ3) is 3.99. The lowest BCUT2D eigenvalue weighted by molar-refractivity contribution is 0.364. The Bertz CT molecular complexity index is 668. The lowest BCUT2D eigenvalue weighted by atomic mass is 9.90. The van der Waals surface area contributed by atoms with Crippen molar-refractivity contribution in [1.29, 1.82) is 0 Å². The Morgan fingerprint density at radius 2 is 1.64 bits per heavy atom. The van der Waals surface area contributed by atoms with Gasteiger partial charge in [-0.15, -0.1) is 0 Å². The predicted octanol–water partition coefficient (Wildman–Crippen LogP) is 3.50. The number of aromatic nitrogens is 5. The first-order chi connectivity index (χ1) is 11.6. The predicted molar refractivity (Wildman–Crippen MR) is 99.9 cm³/mol. The molecule has 1 saturated heterocycles. The van der Waals surface area contributed by atoms with Crippen molar-refractivity contribution in [3.8, 4) is 0 Å². The molecule has 1 fully saturated rings. The number of nitrogens with zero attached hydrogens (tertiary/aromatic N) is 6. The molecule has 3 heterocycles. The minimum Gasteiger partial charge on any atom is -0.356 e. The van der Waals surface area contributed by atoms with Crippen LogP contribution in [-0.2, 0) is 10.8 Å². The van der Waals surface area contributed by atoms with Crippen LogP contribution in [0.25, 0.3) is 0 Å². The summed E-state index contributed by atoms with van der Waals surface area (Å²) in [5.74, 6) is 1.98. The molecule has 0 unspecified atom stereocenters. The van der Waals surface area contributed by atoms with Crippen molar-refractivity contribution in [3.63, 3.8) is 0 Å². The molecule has 136 valence electrons. The Morgan fingerprint density at radius 1 is 0.960 bits per heavy atom. The summed E-state index contributed by atoms with van der Waals surface area (Å²) in [5, 5.41) is 4.29. The number of anilines is 1. The van der Waals surface area contributed by atoms with Crippen LogP contribution in [0.3, 0.4) is 0 Å². The van der Waals surface area contributed by atoms with E-state index in [0.717, 1.165) is 43.3 Å². The van der Waals surface area contributed by atoms with Crippen LogP contribution in [-0.4, -0.2) is 37.8 Å². The highest BCUT2D eigenvalue weighted by atomic mass is 15.3. The minimum absolute atomic E-state index is 0.0107. The molecule has 25 heavy (non-hydrogen) atoms. The van der Waals surface area contributed by atoms with Gasteiger partial charge in [-0.3, -0.25) is 0 Å². The molecule has 1 aliphatic rings. The summed E-state index contributed by atoms with van der Waals surface area (Å²) in [6.07, 6.45) is 5.55. The largest absolute Gasteiger partial charge is 0.356 e. The van der Waals surface area contributed by atoms with Crippen LogP contribution in [0, 0.1) is 0 Å². The van der Waals surface area contributed by atoms with Crippen molar-refractivity contribution in [2.45, 2.75) is 71.3 Å². The SMILES string of the molecule is CC(C)(C)c1cc(N2CCC(n3cncn3)CC2)nc(C(C)(C)C)n1. The van der Waals surface area contributed by atoms with Gasteiger partial charge in [-0.1, -0.05) is 41.5 Å². The second kappa shape index (κ2) is 6.39. The average Bonchev–Trinajstić information content (AvgIpc) is 3.07. The highest BCUT2D eigenvalue weighted by Gasteiger charge is 2.27. The Morgan fingerprint density at radius 3 is 2.16 bits per heavy atom. The topological polar surface area (TPSA) is 59.7 Å². The quantitative estimate of drug-likeness (QED) is 0.836. The molecule has 0 saturated carbocycles. The van der Waals surface area contributed by atoms with Gasteiger partial charge in [-0.25, -0.2) is 19.6 Å². The highest BCUT2D eigenvalue weighted by molar-refractivity contribution is 5.42. The van der Waals surface area contributed by atoms with E-state index >= 15 is 0 Å². The second-order valence-electron chi connectivity index (χ2n) is 9.03. The average molecular weight is 342 g/mol. The van der Waals surface area contributed by atoms with Crippen molar-refractivity contribution in [2.75, 3.05) is 18.0 Å². The molecule has 0 radical (unpaired) electrons. The lowest BCUT2D eigenvalue weighted by Crippen LogP contribution is -2.36. The monoisotopic (exact) mass is 342 g/mol. The second-order valence-corrected chi connectivity index (χ2v) is 9.03. The molecule has 0 N–H and O–H groups in total. The van der Waals surface area contributed by atoms with Gasteiger partial charge in [0.25, 0.3) is 0 Å². The fourth-order valence-electron chi connectivity index (χ4n) is 3.08. The normalized spacial score (nSPS) is 17.1.